The summed E-state index contributed by atoms with van der Waals surface area (Å²) in [7, 11) is 0. The summed E-state index contributed by atoms with van der Waals surface area (Å²) in [6, 6.07) is -0.998. The number of nitrogens with one attached hydrogen (secondary N) is 1. The van der Waals surface area contributed by atoms with Crippen LogP contribution < -0.4 is 5.32 Å². The third-order valence-corrected chi connectivity index (χ3v) is 12.7. The van der Waals surface area contributed by atoms with Crippen molar-refractivity contribution >= 4 is 5.91 Å². The lowest BCUT2D eigenvalue weighted by Crippen LogP contribution is -2.53. The minimum Gasteiger partial charge on any atom is -0.394 e. The van der Waals surface area contributed by atoms with Crippen LogP contribution in [0.4, 0.5) is 0 Å². The molecule has 0 saturated carbocycles. The van der Waals surface area contributed by atoms with Crippen LogP contribution in [0.15, 0.2) is 12.2 Å². The van der Waals surface area contributed by atoms with Gasteiger partial charge in [-0.2, -0.15) is 0 Å². The van der Waals surface area contributed by atoms with Gasteiger partial charge in [-0.3, -0.25) is 4.79 Å². The van der Waals surface area contributed by atoms with E-state index in [4.69, 9.17) is 0 Å². The van der Waals surface area contributed by atoms with E-state index in [2.05, 4.69) is 31.3 Å². The largest absolute Gasteiger partial charge is 0.394 e. The number of aliphatic hydroxyl groups excluding tert-OH is 4. The Morgan fingerprint density at radius 3 is 1.02 bits per heavy atom. The van der Waals surface area contributed by atoms with Gasteiger partial charge in [0.2, 0.25) is 5.91 Å². The summed E-state index contributed by atoms with van der Waals surface area (Å²) in [6.07, 6.45) is 55.6. The van der Waals surface area contributed by atoms with Gasteiger partial charge in [0, 0.05) is 0 Å². The molecule has 4 unspecified atom stereocenters. The maximum Gasteiger partial charge on any atom is 0.249 e. The second-order valence-electron chi connectivity index (χ2n) is 18.6. The van der Waals surface area contributed by atoms with Gasteiger partial charge in [-0.1, -0.05) is 264 Å². The quantitative estimate of drug-likeness (QED) is 0.0310. The van der Waals surface area contributed by atoms with E-state index >= 15 is 0 Å². The van der Waals surface area contributed by atoms with Crippen molar-refractivity contribution in [1.82, 2.24) is 5.32 Å². The monoisotopic (exact) mass is 836 g/mol. The maximum atomic E-state index is 12.6. The van der Waals surface area contributed by atoms with Crippen molar-refractivity contribution < 1.29 is 25.2 Å². The fraction of sp³-hybridized carbons (Fsp3) is 0.943. The second-order valence-corrected chi connectivity index (χ2v) is 18.6. The highest BCUT2D eigenvalue weighted by atomic mass is 16.3. The molecule has 0 saturated heterocycles. The Labute approximate surface area is 368 Å². The number of amides is 1. The van der Waals surface area contributed by atoms with Gasteiger partial charge in [-0.25, -0.2) is 0 Å². The van der Waals surface area contributed by atoms with Crippen LogP contribution in [0, 0.1) is 0 Å². The van der Waals surface area contributed by atoms with Crippen molar-refractivity contribution in [1.29, 1.82) is 0 Å². The van der Waals surface area contributed by atoms with Crippen LogP contribution in [0.1, 0.15) is 290 Å². The Hall–Kier alpha value is -0.950. The zero-order valence-corrected chi connectivity index (χ0v) is 39.8. The maximum absolute atomic E-state index is 12.6. The smallest absolute Gasteiger partial charge is 0.249 e. The molecule has 0 spiro atoms. The molecule has 59 heavy (non-hydrogen) atoms. The van der Waals surface area contributed by atoms with Crippen LogP contribution in [0.25, 0.3) is 0 Å². The number of hydrogen-bond acceptors (Lipinski definition) is 5. The molecule has 0 aromatic carbocycles. The van der Waals surface area contributed by atoms with E-state index in [0.717, 1.165) is 38.5 Å². The molecule has 0 aliphatic carbocycles. The van der Waals surface area contributed by atoms with Crippen molar-refractivity contribution in [2.45, 2.75) is 314 Å². The predicted octanol–water partition coefficient (Wildman–Crippen LogP) is 14.9. The Morgan fingerprint density at radius 2 is 0.695 bits per heavy atom. The summed E-state index contributed by atoms with van der Waals surface area (Å²) < 4.78 is 0. The topological polar surface area (TPSA) is 110 Å². The van der Waals surface area contributed by atoms with Crippen LogP contribution in [0.5, 0.6) is 0 Å². The van der Waals surface area contributed by atoms with E-state index in [9.17, 15) is 25.2 Å². The summed E-state index contributed by atoms with van der Waals surface area (Å²) in [6.45, 7) is 4.07. The first-order chi connectivity index (χ1) is 29.0. The van der Waals surface area contributed by atoms with E-state index < -0.39 is 36.9 Å². The SMILES string of the molecule is CCCCCCCCCCCCCCCCCCCCCCC/C=C/CCCC(O)C(O)C(CO)NC(=O)C(O)CCCCCCCCCCCCCCCCCCC. The molecule has 0 bridgehead atoms. The molecule has 0 aliphatic rings. The molecule has 0 aromatic heterocycles. The number of unbranched alkanes of at least 4 members (excludes halogenated alkanes) is 38. The van der Waals surface area contributed by atoms with E-state index in [1.165, 1.54) is 225 Å². The van der Waals surface area contributed by atoms with Crippen molar-refractivity contribution in [3.63, 3.8) is 0 Å². The molecular weight excluding hydrogens is 731 g/mol. The van der Waals surface area contributed by atoms with E-state index in [0.29, 0.717) is 12.8 Å². The summed E-state index contributed by atoms with van der Waals surface area (Å²) in [5, 5.41) is 43.9. The minimum absolute atomic E-state index is 0.368. The van der Waals surface area contributed by atoms with Crippen molar-refractivity contribution in [3.8, 4) is 0 Å². The van der Waals surface area contributed by atoms with E-state index in [-0.39, 0.29) is 0 Å². The van der Waals surface area contributed by atoms with Crippen molar-refractivity contribution in [2.75, 3.05) is 6.61 Å². The highest BCUT2D eigenvalue weighted by Crippen LogP contribution is 2.18. The molecule has 0 rings (SSSR count). The lowest BCUT2D eigenvalue weighted by Gasteiger charge is -2.27. The molecule has 5 N–H and O–H groups in total. The molecule has 0 heterocycles. The predicted molar refractivity (Wildman–Crippen MR) is 256 cm³/mol. The molecule has 0 fully saturated rings. The summed E-state index contributed by atoms with van der Waals surface area (Å²) in [5.41, 5.74) is 0. The molecule has 352 valence electrons. The molecule has 0 aromatic rings. The number of aliphatic hydroxyl groups is 4. The van der Waals surface area contributed by atoms with Crippen molar-refractivity contribution in [3.05, 3.63) is 12.2 Å². The first-order valence-electron chi connectivity index (χ1n) is 26.6. The summed E-state index contributed by atoms with van der Waals surface area (Å²) in [5.74, 6) is -0.588. The fourth-order valence-electron chi connectivity index (χ4n) is 8.53. The third kappa shape index (κ3) is 42.1. The van der Waals surface area contributed by atoms with Crippen LogP contribution in [0.3, 0.4) is 0 Å². The van der Waals surface area contributed by atoms with Crippen molar-refractivity contribution in [2.24, 2.45) is 0 Å². The lowest BCUT2D eigenvalue weighted by atomic mass is 10.00. The zero-order valence-electron chi connectivity index (χ0n) is 39.8. The standard InChI is InChI=1S/C53H105NO5/c1-3-5-7-9-11-13-15-17-19-21-22-23-24-25-26-27-28-29-31-32-34-36-38-40-42-44-46-50(56)52(58)49(48-55)54-53(59)51(57)47-45-43-41-39-37-35-33-30-20-18-16-14-12-10-8-6-4-2/h38,40,49-52,55-58H,3-37,39,41-48H2,1-2H3,(H,54,59)/b40-38+. The summed E-state index contributed by atoms with van der Waals surface area (Å²) >= 11 is 0. The lowest BCUT2D eigenvalue weighted by molar-refractivity contribution is -0.132. The Kier molecular flexibility index (Phi) is 47.3. The van der Waals surface area contributed by atoms with Gasteiger partial charge in [0.1, 0.15) is 12.2 Å². The van der Waals surface area contributed by atoms with Gasteiger partial charge in [-0.05, 0) is 38.5 Å². The van der Waals surface area contributed by atoms with Gasteiger partial charge in [0.25, 0.3) is 0 Å². The van der Waals surface area contributed by atoms with Crippen LogP contribution in [-0.2, 0) is 4.79 Å². The van der Waals surface area contributed by atoms with E-state index in [1.807, 2.05) is 0 Å². The first kappa shape index (κ1) is 58.0. The zero-order chi connectivity index (χ0) is 43.1. The van der Waals surface area contributed by atoms with Gasteiger partial charge < -0.3 is 25.7 Å². The van der Waals surface area contributed by atoms with Gasteiger partial charge in [0.05, 0.1) is 18.8 Å². The van der Waals surface area contributed by atoms with E-state index in [1.54, 1.807) is 0 Å². The highest BCUT2D eigenvalue weighted by molar-refractivity contribution is 5.80. The third-order valence-electron chi connectivity index (χ3n) is 12.7. The van der Waals surface area contributed by atoms with Crippen LogP contribution in [0.2, 0.25) is 0 Å². The molecule has 0 aliphatic heterocycles. The van der Waals surface area contributed by atoms with Gasteiger partial charge in [-0.15, -0.1) is 0 Å². The number of allylic oxidation sites excluding steroid dienone is 2. The van der Waals surface area contributed by atoms with Crippen LogP contribution >= 0.6 is 0 Å². The number of hydrogen-bond donors (Lipinski definition) is 5. The fourth-order valence-corrected chi connectivity index (χ4v) is 8.53. The normalized spacial score (nSPS) is 13.9. The minimum atomic E-state index is -1.28. The average molecular weight is 836 g/mol. The number of carbonyl (C=O) groups excluding carboxylic acids is 1. The molecule has 6 heteroatoms. The molecule has 4 atom stereocenters. The average Bonchev–Trinajstić information content (AvgIpc) is 3.24. The molecule has 1 amide bonds. The molecule has 0 radical (unpaired) electrons. The van der Waals surface area contributed by atoms with Gasteiger partial charge in [0.15, 0.2) is 0 Å². The van der Waals surface area contributed by atoms with Gasteiger partial charge >= 0.3 is 0 Å². The Balaban J connectivity index is 3.64. The summed E-state index contributed by atoms with van der Waals surface area (Å²) in [4.78, 5) is 12.6. The number of carbonyl (C=O) groups is 1. The van der Waals surface area contributed by atoms with Crippen LogP contribution in [-0.4, -0.2) is 57.3 Å². The highest BCUT2D eigenvalue weighted by Gasteiger charge is 2.28. The first-order valence-corrected chi connectivity index (χ1v) is 26.6. The molecule has 6 nitrogen and oxygen atoms in total. The second kappa shape index (κ2) is 48.1. The molecular formula is C53H105NO5. The number of rotatable bonds is 49. The Bertz CT molecular complexity index is 852. The Morgan fingerprint density at radius 1 is 0.407 bits per heavy atom.